The van der Waals surface area contributed by atoms with Gasteiger partial charge in [-0.3, -0.25) is 25.0 Å². The van der Waals surface area contributed by atoms with Gasteiger partial charge in [0.1, 0.15) is 24.5 Å². The number of carboxylic acid groups (broad SMARTS) is 1. The molecule has 0 saturated carbocycles. The molecule has 2 atom stereocenters. The van der Waals surface area contributed by atoms with E-state index in [1.54, 1.807) is 11.6 Å². The number of hydrogen-bond donors (Lipinski definition) is 7. The van der Waals surface area contributed by atoms with Gasteiger partial charge in [-0.2, -0.15) is 46.8 Å². The van der Waals surface area contributed by atoms with Crippen LogP contribution in [0.2, 0.25) is 10.3 Å². The minimum atomic E-state index is -4.46. The quantitative estimate of drug-likeness (QED) is 0.0252. The maximum absolute atomic E-state index is 14.2. The predicted molar refractivity (Wildman–Crippen MR) is 299 cm³/mol. The lowest BCUT2D eigenvalue weighted by atomic mass is 10.1. The first-order valence-corrected chi connectivity index (χ1v) is 30.1. The van der Waals surface area contributed by atoms with Crippen molar-refractivity contribution in [3.05, 3.63) is 80.1 Å². The highest BCUT2D eigenvalue weighted by molar-refractivity contribution is 7.94. The molecule has 2 unspecified atom stereocenters. The number of aromatic nitrogens is 9. The zero-order chi connectivity index (χ0) is 62.8. The van der Waals surface area contributed by atoms with Gasteiger partial charge in [0, 0.05) is 44.3 Å². The third-order valence-corrected chi connectivity index (χ3v) is 11.4. The summed E-state index contributed by atoms with van der Waals surface area (Å²) >= 11 is 17.6. The summed E-state index contributed by atoms with van der Waals surface area (Å²) in [5, 5.41) is 20.3. The van der Waals surface area contributed by atoms with Crippen LogP contribution in [-0.4, -0.2) is 176 Å². The number of pyridine rings is 1. The Bertz CT molecular complexity index is 3120. The number of hydrogen-bond acceptors (Lipinski definition) is 22. The highest BCUT2D eigenvalue weighted by Gasteiger charge is 2.28. The number of aliphatic carboxylic acids is 1. The second-order valence-corrected chi connectivity index (χ2v) is 23.4. The lowest BCUT2D eigenvalue weighted by molar-refractivity contribution is -0.193. The Labute approximate surface area is 487 Å². The molecule has 0 radical (unpaired) electrons. The number of methoxy groups -OCH3 is 2. The van der Waals surface area contributed by atoms with Crippen molar-refractivity contribution in [2.24, 2.45) is 0 Å². The molecule has 0 aliphatic rings. The number of ether oxygens (including phenoxy) is 3. The summed E-state index contributed by atoms with van der Waals surface area (Å²) in [5.74, 6) is -2.76. The Morgan fingerprint density at radius 1 is 0.963 bits per heavy atom. The van der Waals surface area contributed by atoms with Gasteiger partial charge >= 0.3 is 30.2 Å². The van der Waals surface area contributed by atoms with Crippen LogP contribution < -0.4 is 46.0 Å². The van der Waals surface area contributed by atoms with Crippen LogP contribution in [0.4, 0.5) is 35.8 Å². The summed E-state index contributed by atoms with van der Waals surface area (Å²) in [5.41, 5.74) is -1.55. The van der Waals surface area contributed by atoms with Gasteiger partial charge in [0.05, 0.1) is 64.1 Å². The van der Waals surface area contributed by atoms with Crippen LogP contribution in [0.3, 0.4) is 0 Å². The van der Waals surface area contributed by atoms with Crippen molar-refractivity contribution in [1.29, 1.82) is 0 Å². The molecule has 5 rings (SSSR count). The van der Waals surface area contributed by atoms with E-state index in [1.165, 1.54) is 64.5 Å². The third kappa shape index (κ3) is 26.5. The SMILES string of the molecule is CCNc1nc(Cl)nc(NC(C)C)n1.CCOC(=O)C(Cl)Cc1cc(-n2nc(C)n(C(F)F)c2=O)c(F)cc1Cl.COc1cc(OC)nc(NC(=O)NS(=O)(=O)c2ncccc2C(=O)N(C)C)n1.C[S+](C)C.O=C(O)CNCP(=O)([O-])O. The van der Waals surface area contributed by atoms with Crippen LogP contribution in [-0.2, 0) is 46.2 Å². The summed E-state index contributed by atoms with van der Waals surface area (Å²) in [4.78, 5) is 100. The van der Waals surface area contributed by atoms with Crippen molar-refractivity contribution in [2.75, 3.05) is 89.0 Å². The van der Waals surface area contributed by atoms with Crippen LogP contribution in [0.1, 0.15) is 56.0 Å². The van der Waals surface area contributed by atoms with Gasteiger partial charge in [0.2, 0.25) is 34.9 Å². The number of sulfonamides is 1. The number of benzene rings is 1. The summed E-state index contributed by atoms with van der Waals surface area (Å²) in [6.07, 6.45) is 6.95. The monoisotopic (exact) mass is 1280 g/mol. The number of urea groups is 1. The van der Waals surface area contributed by atoms with E-state index in [1.807, 2.05) is 26.1 Å². The van der Waals surface area contributed by atoms with Crippen LogP contribution >= 0.6 is 42.4 Å². The zero-order valence-electron chi connectivity index (χ0n) is 46.0. The van der Waals surface area contributed by atoms with Crippen molar-refractivity contribution >= 4 is 105 Å². The summed E-state index contributed by atoms with van der Waals surface area (Å²) < 4.78 is 92.1. The topological polar surface area (TPSA) is 391 Å². The van der Waals surface area contributed by atoms with Gasteiger partial charge in [0.25, 0.3) is 15.9 Å². The van der Waals surface area contributed by atoms with E-state index in [0.29, 0.717) is 27.5 Å². The number of carboxylic acids is 1. The number of halogens is 6. The first-order chi connectivity index (χ1) is 38.1. The molecule has 0 spiro atoms. The Hall–Kier alpha value is -6.65. The molecule has 0 aliphatic heterocycles. The molecule has 0 saturated heterocycles. The normalized spacial score (nSPS) is 11.8. The summed E-state index contributed by atoms with van der Waals surface area (Å²) in [6, 6.07) is 5.20. The minimum absolute atomic E-state index is 0.0424. The molecule has 7 N–H and O–H groups in total. The number of nitrogens with zero attached hydrogens (tertiary/aromatic N) is 10. The fourth-order valence-corrected chi connectivity index (χ4v) is 7.50. The Kier molecular flexibility index (Phi) is 31.6. The maximum Gasteiger partial charge on any atom is 0.355 e. The number of aryl methyl sites for hydroxylation is 1. The number of alkyl halides is 3. The summed E-state index contributed by atoms with van der Waals surface area (Å²) in [6.45, 7) is 6.05. The van der Waals surface area contributed by atoms with Crippen LogP contribution in [0.15, 0.2) is 46.3 Å². The largest absolute Gasteiger partial charge is 0.778 e. The van der Waals surface area contributed by atoms with E-state index in [4.69, 9.17) is 59.0 Å². The average molecular weight is 1280 g/mol. The minimum Gasteiger partial charge on any atom is -0.778 e. The van der Waals surface area contributed by atoms with Crippen molar-refractivity contribution in [3.8, 4) is 17.4 Å². The van der Waals surface area contributed by atoms with E-state index < -0.39 is 82.8 Å². The Balaban J connectivity index is 0.000000569. The van der Waals surface area contributed by atoms with E-state index in [2.05, 4.69) is 69.7 Å². The van der Waals surface area contributed by atoms with Gasteiger partial charge in [-0.1, -0.05) is 11.6 Å². The van der Waals surface area contributed by atoms with Crippen molar-refractivity contribution in [3.63, 3.8) is 0 Å². The number of anilines is 3. The van der Waals surface area contributed by atoms with Gasteiger partial charge in [0.15, 0.2) is 10.8 Å². The highest BCUT2D eigenvalue weighted by atomic mass is 35.5. The molecule has 3 amide bonds. The van der Waals surface area contributed by atoms with E-state index in [-0.39, 0.29) is 74.3 Å². The fraction of sp³-hybridized carbons (Fsp3) is 0.455. The molecule has 0 fully saturated rings. The number of rotatable bonds is 20. The molecule has 1 aromatic carbocycles. The van der Waals surface area contributed by atoms with Gasteiger partial charge in [-0.05, 0) is 86.9 Å². The molecule has 82 heavy (non-hydrogen) atoms. The predicted octanol–water partition coefficient (Wildman–Crippen LogP) is 3.78. The first-order valence-electron chi connectivity index (χ1n) is 23.2. The molecular formula is C44H62Cl3F3N15O14PS2. The molecule has 29 nitrogen and oxygen atoms in total. The molecule has 0 aliphatic carbocycles. The highest BCUT2D eigenvalue weighted by Crippen LogP contribution is 2.27. The fourth-order valence-electron chi connectivity index (χ4n) is 5.46. The van der Waals surface area contributed by atoms with Gasteiger partial charge < -0.3 is 49.2 Å². The van der Waals surface area contributed by atoms with Crippen LogP contribution in [0, 0.1) is 12.7 Å². The molecular weight excluding hydrogens is 1220 g/mol. The molecule has 38 heteroatoms. The van der Waals surface area contributed by atoms with E-state index in [0.717, 1.165) is 18.7 Å². The second-order valence-electron chi connectivity index (χ2n) is 16.5. The van der Waals surface area contributed by atoms with E-state index in [9.17, 15) is 55.0 Å². The molecule has 456 valence electrons. The standard InChI is InChI=1S/C15H14Cl2F3N3O3.C15H18N6O6S.C8H14ClN5.C3H8NO5P.C3H9S/c1-3-26-13(24)10(17)4-8-5-12(11(18)6-9(8)16)23-15(25)22(14(19)20)7(2)21-23;1-21(2)13(22)9-6-5-7-16-12(9)28(24,25)20-15(23)19-14-17-10(26-3)8-11(18-14)27-4;1-4-10-7-12-6(9)13-8(14-7)11-5(2)3;5-3(6)1-4-2-10(7,8)9;1-4(2)3/h5-6,10,14H,3-4H2,1-2H3;5-8H,1-4H3,(H2,17,18,19,20,23);5H,4H2,1-3H3,(H2,10,11,12,13,14);4H,1-2H2,(H,5,6)(H2,7,8,9);1-3H3/q;;;;+1/p-1. The second kappa shape index (κ2) is 35.4. The van der Waals surface area contributed by atoms with Crippen molar-refractivity contribution in [1.82, 2.24) is 59.2 Å². The smallest absolute Gasteiger partial charge is 0.355 e. The number of amides is 3. The Morgan fingerprint density at radius 2 is 1.55 bits per heavy atom. The third-order valence-electron chi connectivity index (χ3n) is 8.62. The number of carbonyl (C=O) groups excluding carboxylic acids is 3. The number of esters is 1. The molecule has 4 aromatic heterocycles. The van der Waals surface area contributed by atoms with Crippen LogP contribution in [0.5, 0.6) is 11.8 Å². The Morgan fingerprint density at radius 3 is 2.04 bits per heavy atom. The number of nitrogens with one attached hydrogen (secondary N) is 5. The first kappa shape index (κ1) is 73.4. The molecule has 0 bridgehead atoms. The van der Waals surface area contributed by atoms with Gasteiger partial charge in [-0.25, -0.2) is 28.3 Å². The van der Waals surface area contributed by atoms with Crippen molar-refractivity contribution < 1.29 is 74.4 Å². The van der Waals surface area contributed by atoms with Crippen molar-refractivity contribution in [2.45, 2.75) is 64.0 Å². The van der Waals surface area contributed by atoms with Crippen LogP contribution in [0.25, 0.3) is 5.69 Å². The molecule has 4 heterocycles. The average Bonchev–Trinajstić information content (AvgIpc) is 3.94. The summed E-state index contributed by atoms with van der Waals surface area (Å²) in [7, 11) is -2.56. The lowest BCUT2D eigenvalue weighted by Gasteiger charge is -2.14. The number of carbonyl (C=O) groups is 4. The zero-order valence-corrected chi connectivity index (χ0v) is 50.8. The maximum atomic E-state index is 14.2. The molecule has 5 aromatic rings. The lowest BCUT2D eigenvalue weighted by Crippen LogP contribution is -2.36. The van der Waals surface area contributed by atoms with Gasteiger partial charge in [-0.15, -0.1) is 16.7 Å². The van der Waals surface area contributed by atoms with E-state index >= 15 is 0 Å².